The molecule has 0 aliphatic rings. The van der Waals surface area contributed by atoms with Gasteiger partial charge in [-0.25, -0.2) is 4.98 Å². The summed E-state index contributed by atoms with van der Waals surface area (Å²) in [5.74, 6) is 0.780. The van der Waals surface area contributed by atoms with Crippen LogP contribution in [0, 0.1) is 13.8 Å². The summed E-state index contributed by atoms with van der Waals surface area (Å²) in [6.45, 7) is 4.91. The van der Waals surface area contributed by atoms with Crippen LogP contribution >= 0.6 is 0 Å². The average Bonchev–Trinajstić information content (AvgIpc) is 2.34. The van der Waals surface area contributed by atoms with Gasteiger partial charge in [0.15, 0.2) is 0 Å². The molecular weight excluding hydrogens is 222 g/mol. The van der Waals surface area contributed by atoms with Crippen LogP contribution in [0.4, 0.5) is 11.5 Å². The van der Waals surface area contributed by atoms with Crippen LogP contribution in [0.1, 0.15) is 16.8 Å². The molecule has 0 amide bonds. The first kappa shape index (κ1) is 12.4. The predicted molar refractivity (Wildman–Crippen MR) is 76.8 cm³/mol. The highest BCUT2D eigenvalue weighted by molar-refractivity contribution is 5.61. The number of anilines is 2. The topological polar surface area (TPSA) is 50.9 Å². The van der Waals surface area contributed by atoms with E-state index in [1.54, 1.807) is 0 Å². The number of pyridine rings is 1. The Labute approximate surface area is 108 Å². The van der Waals surface area contributed by atoms with E-state index in [0.717, 1.165) is 24.5 Å². The molecule has 2 rings (SSSR count). The molecule has 0 spiro atoms. The lowest BCUT2D eigenvalue weighted by molar-refractivity contribution is 1.000. The molecule has 0 aliphatic heterocycles. The van der Waals surface area contributed by atoms with Gasteiger partial charge in [-0.2, -0.15) is 0 Å². The van der Waals surface area contributed by atoms with E-state index in [2.05, 4.69) is 41.5 Å². The molecule has 2 aromatic rings. The van der Waals surface area contributed by atoms with Crippen molar-refractivity contribution in [1.29, 1.82) is 0 Å². The van der Waals surface area contributed by atoms with Crippen molar-refractivity contribution in [2.75, 3.05) is 17.6 Å². The average molecular weight is 241 g/mol. The summed E-state index contributed by atoms with van der Waals surface area (Å²) in [6.07, 6.45) is 0.969. The monoisotopic (exact) mass is 241 g/mol. The minimum absolute atomic E-state index is 0.699. The lowest BCUT2D eigenvalue weighted by Gasteiger charge is -2.09. The lowest BCUT2D eigenvalue weighted by atomic mass is 10.1. The molecule has 3 nitrogen and oxygen atoms in total. The minimum atomic E-state index is 0.699. The highest BCUT2D eigenvalue weighted by Gasteiger charge is 2.00. The number of rotatable bonds is 4. The van der Waals surface area contributed by atoms with Gasteiger partial charge in [0.05, 0.1) is 5.69 Å². The molecule has 0 saturated carbocycles. The fourth-order valence-corrected chi connectivity index (χ4v) is 1.90. The van der Waals surface area contributed by atoms with Gasteiger partial charge < -0.3 is 11.1 Å². The molecule has 0 unspecified atom stereocenters. The highest BCUT2D eigenvalue weighted by Crippen LogP contribution is 2.15. The van der Waals surface area contributed by atoms with E-state index in [1.165, 1.54) is 11.1 Å². The molecule has 0 atom stereocenters. The standard InChI is InChI=1S/C15H19N3/c1-11-4-3-5-13(10-11)8-9-17-15-14(16)7-6-12(2)18-15/h3-7,10H,8-9,16H2,1-2H3,(H,17,18). The van der Waals surface area contributed by atoms with E-state index in [9.17, 15) is 0 Å². The third kappa shape index (κ3) is 3.23. The fraction of sp³-hybridized carbons (Fsp3) is 0.267. The third-order valence-corrected chi connectivity index (χ3v) is 2.85. The molecule has 3 N–H and O–H groups in total. The van der Waals surface area contributed by atoms with Gasteiger partial charge in [-0.1, -0.05) is 29.8 Å². The van der Waals surface area contributed by atoms with Crippen LogP contribution < -0.4 is 11.1 Å². The molecule has 18 heavy (non-hydrogen) atoms. The maximum absolute atomic E-state index is 5.87. The molecule has 0 fully saturated rings. The van der Waals surface area contributed by atoms with Crippen molar-refractivity contribution in [2.45, 2.75) is 20.3 Å². The Morgan fingerprint density at radius 1 is 1.17 bits per heavy atom. The summed E-state index contributed by atoms with van der Waals surface area (Å²) < 4.78 is 0. The molecule has 0 radical (unpaired) electrons. The second-order valence-corrected chi connectivity index (χ2v) is 4.56. The molecule has 3 heteroatoms. The van der Waals surface area contributed by atoms with Crippen molar-refractivity contribution in [3.8, 4) is 0 Å². The van der Waals surface area contributed by atoms with Gasteiger partial charge in [-0.3, -0.25) is 0 Å². The quantitative estimate of drug-likeness (QED) is 0.865. The SMILES string of the molecule is Cc1cccc(CCNc2nc(C)ccc2N)c1. The number of aryl methyl sites for hydroxylation is 2. The summed E-state index contributed by atoms with van der Waals surface area (Å²) in [4.78, 5) is 4.39. The molecule has 0 aliphatic carbocycles. The molecule has 0 bridgehead atoms. The zero-order valence-corrected chi connectivity index (χ0v) is 10.9. The Bertz CT molecular complexity index is 535. The first-order chi connectivity index (χ1) is 8.65. The van der Waals surface area contributed by atoms with Gasteiger partial charge in [0.2, 0.25) is 0 Å². The van der Waals surface area contributed by atoms with E-state index in [1.807, 2.05) is 19.1 Å². The van der Waals surface area contributed by atoms with Crippen molar-refractivity contribution >= 4 is 11.5 Å². The van der Waals surface area contributed by atoms with Gasteiger partial charge in [0, 0.05) is 12.2 Å². The number of hydrogen-bond donors (Lipinski definition) is 2. The van der Waals surface area contributed by atoms with Crippen molar-refractivity contribution in [3.63, 3.8) is 0 Å². The smallest absolute Gasteiger partial charge is 0.149 e. The number of hydrogen-bond acceptors (Lipinski definition) is 3. The molecule has 1 heterocycles. The van der Waals surface area contributed by atoms with E-state index in [4.69, 9.17) is 5.73 Å². The summed E-state index contributed by atoms with van der Waals surface area (Å²) in [6, 6.07) is 12.3. The highest BCUT2D eigenvalue weighted by atomic mass is 15.0. The maximum atomic E-state index is 5.87. The Morgan fingerprint density at radius 3 is 2.78 bits per heavy atom. The summed E-state index contributed by atoms with van der Waals surface area (Å²) in [5.41, 5.74) is 10.2. The fourth-order valence-electron chi connectivity index (χ4n) is 1.90. The van der Waals surface area contributed by atoms with Gasteiger partial charge in [0.25, 0.3) is 0 Å². The van der Waals surface area contributed by atoms with Crippen molar-refractivity contribution in [3.05, 3.63) is 53.2 Å². The summed E-state index contributed by atoms with van der Waals surface area (Å²) in [5, 5.41) is 3.29. The maximum Gasteiger partial charge on any atom is 0.149 e. The number of nitrogens with zero attached hydrogens (tertiary/aromatic N) is 1. The molecule has 1 aromatic heterocycles. The summed E-state index contributed by atoms with van der Waals surface area (Å²) in [7, 11) is 0. The number of nitrogen functional groups attached to an aromatic ring is 1. The third-order valence-electron chi connectivity index (χ3n) is 2.85. The van der Waals surface area contributed by atoms with Crippen molar-refractivity contribution in [1.82, 2.24) is 4.98 Å². The Balaban J connectivity index is 1.94. The first-order valence-corrected chi connectivity index (χ1v) is 6.18. The van der Waals surface area contributed by atoms with Crippen LogP contribution in [0.15, 0.2) is 36.4 Å². The van der Waals surface area contributed by atoms with Crippen LogP contribution in [0.5, 0.6) is 0 Å². The van der Waals surface area contributed by atoms with Crippen LogP contribution in [0.25, 0.3) is 0 Å². The van der Waals surface area contributed by atoms with Gasteiger partial charge in [0.1, 0.15) is 5.82 Å². The van der Waals surface area contributed by atoms with E-state index in [-0.39, 0.29) is 0 Å². The molecule has 0 saturated heterocycles. The van der Waals surface area contributed by atoms with E-state index in [0.29, 0.717) is 5.69 Å². The van der Waals surface area contributed by atoms with Crippen molar-refractivity contribution in [2.24, 2.45) is 0 Å². The Kier molecular flexibility index (Phi) is 3.82. The largest absolute Gasteiger partial charge is 0.396 e. The van der Waals surface area contributed by atoms with Crippen LogP contribution in [-0.2, 0) is 6.42 Å². The van der Waals surface area contributed by atoms with Gasteiger partial charge in [-0.15, -0.1) is 0 Å². The van der Waals surface area contributed by atoms with Gasteiger partial charge in [-0.05, 0) is 38.0 Å². The van der Waals surface area contributed by atoms with E-state index < -0.39 is 0 Å². The first-order valence-electron chi connectivity index (χ1n) is 6.18. The Hall–Kier alpha value is -2.03. The molecule has 1 aromatic carbocycles. The van der Waals surface area contributed by atoms with E-state index >= 15 is 0 Å². The van der Waals surface area contributed by atoms with Crippen LogP contribution in [-0.4, -0.2) is 11.5 Å². The zero-order valence-electron chi connectivity index (χ0n) is 10.9. The number of aromatic nitrogens is 1. The molecular formula is C15H19N3. The lowest BCUT2D eigenvalue weighted by Crippen LogP contribution is -2.09. The summed E-state index contributed by atoms with van der Waals surface area (Å²) >= 11 is 0. The molecule has 94 valence electrons. The normalized spacial score (nSPS) is 10.3. The number of benzene rings is 1. The zero-order chi connectivity index (χ0) is 13.0. The number of nitrogens with two attached hydrogens (primary N) is 1. The Morgan fingerprint density at radius 2 is 2.00 bits per heavy atom. The number of nitrogens with one attached hydrogen (secondary N) is 1. The second kappa shape index (κ2) is 5.54. The second-order valence-electron chi connectivity index (χ2n) is 4.56. The minimum Gasteiger partial charge on any atom is -0.396 e. The van der Waals surface area contributed by atoms with Gasteiger partial charge >= 0.3 is 0 Å². The van der Waals surface area contributed by atoms with Crippen LogP contribution in [0.2, 0.25) is 0 Å². The van der Waals surface area contributed by atoms with Crippen LogP contribution in [0.3, 0.4) is 0 Å². The van der Waals surface area contributed by atoms with Crippen molar-refractivity contribution < 1.29 is 0 Å². The predicted octanol–water partition coefficient (Wildman–Crippen LogP) is 2.94.